The zero-order valence-corrected chi connectivity index (χ0v) is 16.1. The molecule has 0 spiro atoms. The van der Waals surface area contributed by atoms with E-state index in [-0.39, 0.29) is 12.1 Å². The number of urea groups is 1. The molecule has 0 saturated heterocycles. The van der Waals surface area contributed by atoms with Crippen LogP contribution < -0.4 is 14.8 Å². The van der Waals surface area contributed by atoms with Crippen LogP contribution >= 0.6 is 0 Å². The van der Waals surface area contributed by atoms with E-state index in [1.54, 1.807) is 4.90 Å². The van der Waals surface area contributed by atoms with Crippen LogP contribution in [0, 0.1) is 0 Å². The first kappa shape index (κ1) is 18.6. The zero-order valence-electron chi connectivity index (χ0n) is 16.1. The first-order valence-corrected chi connectivity index (χ1v) is 9.96. The molecule has 1 aromatic carbocycles. The molecule has 1 aromatic heterocycles. The van der Waals surface area contributed by atoms with Crippen molar-refractivity contribution in [2.75, 3.05) is 19.7 Å². The minimum absolute atomic E-state index is 0.0764. The average Bonchev–Trinajstić information content (AvgIpc) is 3.12. The predicted octanol–water partition coefficient (Wildman–Crippen LogP) is 3.10. The second-order valence-electron chi connectivity index (χ2n) is 7.21. The van der Waals surface area contributed by atoms with Crippen molar-refractivity contribution < 1.29 is 18.8 Å². The number of nitrogens with zero attached hydrogens (tertiary/aromatic N) is 3. The SMILES string of the molecule is CCN(Cc1noc(C2CCC2)n1)C(=O)NCCC1COc2ccccc2O1. The third kappa shape index (κ3) is 4.21. The quantitative estimate of drug-likeness (QED) is 0.786. The van der Waals surface area contributed by atoms with Crippen LogP contribution in [0.5, 0.6) is 11.5 Å². The lowest BCUT2D eigenvalue weighted by Crippen LogP contribution is -2.41. The second-order valence-corrected chi connectivity index (χ2v) is 7.21. The Bertz CT molecular complexity index is 805. The Morgan fingerprint density at radius 3 is 2.86 bits per heavy atom. The molecule has 1 N–H and O–H groups in total. The van der Waals surface area contributed by atoms with Crippen LogP contribution in [0.4, 0.5) is 4.79 Å². The van der Waals surface area contributed by atoms with Crippen LogP contribution in [0.25, 0.3) is 0 Å². The smallest absolute Gasteiger partial charge is 0.317 e. The summed E-state index contributed by atoms with van der Waals surface area (Å²) >= 11 is 0. The maximum absolute atomic E-state index is 12.5. The largest absolute Gasteiger partial charge is 0.486 e. The monoisotopic (exact) mass is 386 g/mol. The van der Waals surface area contributed by atoms with Gasteiger partial charge in [-0.2, -0.15) is 4.98 Å². The average molecular weight is 386 g/mol. The molecular weight excluding hydrogens is 360 g/mol. The van der Waals surface area contributed by atoms with E-state index in [1.165, 1.54) is 6.42 Å². The van der Waals surface area contributed by atoms with Gasteiger partial charge in [0.25, 0.3) is 0 Å². The highest BCUT2D eigenvalue weighted by molar-refractivity contribution is 5.74. The summed E-state index contributed by atoms with van der Waals surface area (Å²) in [5.41, 5.74) is 0. The summed E-state index contributed by atoms with van der Waals surface area (Å²) in [6.07, 6.45) is 4.03. The molecule has 8 nitrogen and oxygen atoms in total. The van der Waals surface area contributed by atoms with Gasteiger partial charge in [0.05, 0.1) is 6.54 Å². The van der Waals surface area contributed by atoms with Crippen LogP contribution in [0.3, 0.4) is 0 Å². The molecule has 8 heteroatoms. The van der Waals surface area contributed by atoms with Crippen LogP contribution in [-0.4, -0.2) is 46.9 Å². The maximum atomic E-state index is 12.5. The molecule has 1 aliphatic heterocycles. The van der Waals surface area contributed by atoms with E-state index >= 15 is 0 Å². The Kier molecular flexibility index (Phi) is 5.64. The van der Waals surface area contributed by atoms with Gasteiger partial charge in [0.15, 0.2) is 17.3 Å². The van der Waals surface area contributed by atoms with Gasteiger partial charge >= 0.3 is 6.03 Å². The number of nitrogens with one attached hydrogen (secondary N) is 1. The highest BCUT2D eigenvalue weighted by Crippen LogP contribution is 2.35. The van der Waals surface area contributed by atoms with Crippen molar-refractivity contribution in [1.29, 1.82) is 0 Å². The number of carbonyl (C=O) groups excluding carboxylic acids is 1. The second kappa shape index (κ2) is 8.50. The summed E-state index contributed by atoms with van der Waals surface area (Å²) in [6.45, 7) is 3.83. The van der Waals surface area contributed by atoms with Crippen LogP contribution in [0.1, 0.15) is 50.2 Å². The van der Waals surface area contributed by atoms with Gasteiger partial charge in [-0.15, -0.1) is 0 Å². The van der Waals surface area contributed by atoms with Gasteiger partial charge in [0.2, 0.25) is 5.89 Å². The maximum Gasteiger partial charge on any atom is 0.317 e. The van der Waals surface area contributed by atoms with Gasteiger partial charge < -0.3 is 24.2 Å². The molecule has 4 rings (SSSR count). The molecule has 150 valence electrons. The van der Waals surface area contributed by atoms with E-state index in [1.807, 2.05) is 31.2 Å². The minimum atomic E-state index is -0.144. The number of amides is 2. The van der Waals surface area contributed by atoms with Gasteiger partial charge in [-0.05, 0) is 31.9 Å². The lowest BCUT2D eigenvalue weighted by molar-refractivity contribution is 0.0849. The van der Waals surface area contributed by atoms with Crippen LogP contribution in [0.15, 0.2) is 28.8 Å². The van der Waals surface area contributed by atoms with Gasteiger partial charge in [-0.3, -0.25) is 0 Å². The first-order valence-electron chi connectivity index (χ1n) is 9.96. The number of rotatable bonds is 7. The molecule has 0 radical (unpaired) electrons. The Hall–Kier alpha value is -2.77. The van der Waals surface area contributed by atoms with E-state index in [4.69, 9.17) is 14.0 Å². The summed E-state index contributed by atoms with van der Waals surface area (Å²) in [5, 5.41) is 6.96. The number of para-hydroxylation sites is 2. The molecule has 2 aromatic rings. The molecule has 0 bridgehead atoms. The predicted molar refractivity (Wildman–Crippen MR) is 101 cm³/mol. The first-order chi connectivity index (χ1) is 13.7. The number of fused-ring (bicyclic) bond motifs is 1. The Morgan fingerprint density at radius 2 is 2.11 bits per heavy atom. The summed E-state index contributed by atoms with van der Waals surface area (Å²) < 4.78 is 16.9. The summed E-state index contributed by atoms with van der Waals surface area (Å²) in [4.78, 5) is 18.6. The molecule has 1 fully saturated rings. The Morgan fingerprint density at radius 1 is 1.29 bits per heavy atom. The molecule has 1 aliphatic carbocycles. The topological polar surface area (TPSA) is 89.7 Å². The molecule has 2 heterocycles. The van der Waals surface area contributed by atoms with Gasteiger partial charge in [-0.25, -0.2) is 4.79 Å². The van der Waals surface area contributed by atoms with Crippen LogP contribution in [0.2, 0.25) is 0 Å². The van der Waals surface area contributed by atoms with Crippen molar-refractivity contribution in [2.45, 2.75) is 51.2 Å². The zero-order chi connectivity index (χ0) is 19.3. The Labute approximate surface area is 164 Å². The van der Waals surface area contributed by atoms with Crippen molar-refractivity contribution in [2.24, 2.45) is 0 Å². The van der Waals surface area contributed by atoms with E-state index in [0.717, 1.165) is 24.3 Å². The third-order valence-electron chi connectivity index (χ3n) is 5.25. The number of ether oxygens (including phenoxy) is 2. The number of aromatic nitrogens is 2. The number of hydrogen-bond acceptors (Lipinski definition) is 6. The van der Waals surface area contributed by atoms with Crippen molar-refractivity contribution in [3.8, 4) is 11.5 Å². The van der Waals surface area contributed by atoms with Crippen molar-refractivity contribution in [3.63, 3.8) is 0 Å². The van der Waals surface area contributed by atoms with Gasteiger partial charge in [0.1, 0.15) is 12.7 Å². The van der Waals surface area contributed by atoms with E-state index in [2.05, 4.69) is 15.5 Å². The lowest BCUT2D eigenvalue weighted by atomic mass is 9.85. The third-order valence-corrected chi connectivity index (χ3v) is 5.25. The minimum Gasteiger partial charge on any atom is -0.486 e. The molecule has 28 heavy (non-hydrogen) atoms. The summed E-state index contributed by atoms with van der Waals surface area (Å²) in [5.74, 6) is 3.17. The van der Waals surface area contributed by atoms with E-state index < -0.39 is 0 Å². The number of hydrogen-bond donors (Lipinski definition) is 1. The Balaban J connectivity index is 1.23. The van der Waals surface area contributed by atoms with Gasteiger partial charge in [0, 0.05) is 25.4 Å². The molecule has 2 amide bonds. The van der Waals surface area contributed by atoms with Crippen LogP contribution in [-0.2, 0) is 6.54 Å². The van der Waals surface area contributed by atoms with E-state index in [9.17, 15) is 4.79 Å². The van der Waals surface area contributed by atoms with Crippen molar-refractivity contribution >= 4 is 6.03 Å². The molecule has 1 unspecified atom stereocenters. The fourth-order valence-corrected chi connectivity index (χ4v) is 3.31. The highest BCUT2D eigenvalue weighted by atomic mass is 16.6. The fourth-order valence-electron chi connectivity index (χ4n) is 3.31. The van der Waals surface area contributed by atoms with Gasteiger partial charge in [-0.1, -0.05) is 23.7 Å². The van der Waals surface area contributed by atoms with E-state index in [0.29, 0.717) is 50.3 Å². The fraction of sp³-hybridized carbons (Fsp3) is 0.550. The molecule has 1 saturated carbocycles. The highest BCUT2D eigenvalue weighted by Gasteiger charge is 2.26. The summed E-state index contributed by atoms with van der Waals surface area (Å²) in [7, 11) is 0. The lowest BCUT2D eigenvalue weighted by Gasteiger charge is -2.27. The standard InChI is InChI=1S/C20H26N4O4/c1-2-24(12-18-22-19(28-23-18)14-6-5-7-14)20(25)21-11-10-15-13-26-16-8-3-4-9-17(16)27-15/h3-4,8-9,14-15H,2,5-7,10-13H2,1H3,(H,21,25). The number of benzene rings is 1. The number of carbonyl (C=O) groups is 1. The summed E-state index contributed by atoms with van der Waals surface area (Å²) in [6, 6.07) is 7.47. The molecule has 2 aliphatic rings. The normalized spacial score (nSPS) is 18.4. The van der Waals surface area contributed by atoms with Crippen molar-refractivity contribution in [1.82, 2.24) is 20.4 Å². The molecular formula is C20H26N4O4. The van der Waals surface area contributed by atoms with Crippen molar-refractivity contribution in [3.05, 3.63) is 36.0 Å². The molecule has 1 atom stereocenters.